The van der Waals surface area contributed by atoms with Crippen LogP contribution in [0.3, 0.4) is 0 Å². The Bertz CT molecular complexity index is 521. The van der Waals surface area contributed by atoms with E-state index in [0.717, 1.165) is 30.9 Å². The molecule has 0 bridgehead atoms. The maximum atomic E-state index is 6.30. The number of methoxy groups -OCH3 is 1. The first-order chi connectivity index (χ1) is 11.1. The average molecular weight is 342 g/mol. The first kappa shape index (κ1) is 19.4. The van der Waals surface area contributed by atoms with Crippen LogP contribution in [-0.4, -0.2) is 45.2 Å². The van der Waals surface area contributed by atoms with Gasteiger partial charge < -0.3 is 19.7 Å². The zero-order valence-electron chi connectivity index (χ0n) is 14.8. The molecule has 0 radical (unpaired) electrons. The molecule has 0 aromatic heterocycles. The maximum absolute atomic E-state index is 6.30. The number of aliphatic imine (C=N–C) groups is 1. The number of guanidine groups is 1. The van der Waals surface area contributed by atoms with Gasteiger partial charge in [-0.2, -0.15) is 0 Å². The fourth-order valence-electron chi connectivity index (χ4n) is 2.23. The van der Waals surface area contributed by atoms with Crippen LogP contribution in [0.5, 0.6) is 11.5 Å². The molecule has 1 aromatic carbocycles. The molecule has 0 aliphatic heterocycles. The van der Waals surface area contributed by atoms with Gasteiger partial charge in [-0.3, -0.25) is 4.99 Å². The molecule has 0 heterocycles. The molecule has 1 aromatic rings. The number of halogens is 1. The second-order valence-electron chi connectivity index (χ2n) is 5.22. The van der Waals surface area contributed by atoms with Crippen LogP contribution < -0.4 is 14.8 Å². The second kappa shape index (κ2) is 10.2. The number of hydrogen-bond donors (Lipinski definition) is 1. The van der Waals surface area contributed by atoms with Crippen molar-refractivity contribution >= 4 is 17.6 Å². The van der Waals surface area contributed by atoms with Crippen LogP contribution in [0.25, 0.3) is 0 Å². The average Bonchev–Trinajstić information content (AvgIpc) is 2.55. The lowest BCUT2D eigenvalue weighted by molar-refractivity contribution is 0.311. The summed E-state index contributed by atoms with van der Waals surface area (Å²) in [4.78, 5) is 6.43. The molecular weight excluding hydrogens is 314 g/mol. The summed E-state index contributed by atoms with van der Waals surface area (Å²) in [6, 6.07) is 3.82. The van der Waals surface area contributed by atoms with Gasteiger partial charge in [-0.25, -0.2) is 0 Å². The van der Waals surface area contributed by atoms with Gasteiger partial charge in [0.2, 0.25) is 0 Å². The zero-order valence-corrected chi connectivity index (χ0v) is 15.5. The van der Waals surface area contributed by atoms with Gasteiger partial charge >= 0.3 is 0 Å². The third-order valence-electron chi connectivity index (χ3n) is 3.45. The molecule has 0 unspecified atom stereocenters. The highest BCUT2D eigenvalue weighted by Gasteiger charge is 2.12. The van der Waals surface area contributed by atoms with Gasteiger partial charge in [0.15, 0.2) is 17.5 Å². The Labute approximate surface area is 144 Å². The number of ether oxygens (including phenoxy) is 2. The highest BCUT2D eigenvalue weighted by molar-refractivity contribution is 6.32. The van der Waals surface area contributed by atoms with Crippen LogP contribution in [-0.2, 0) is 6.54 Å². The van der Waals surface area contributed by atoms with E-state index < -0.39 is 0 Å². The molecule has 23 heavy (non-hydrogen) atoms. The van der Waals surface area contributed by atoms with Crippen LogP contribution in [0.15, 0.2) is 17.1 Å². The molecule has 0 atom stereocenters. The van der Waals surface area contributed by atoms with Gasteiger partial charge in [0.1, 0.15) is 0 Å². The molecule has 5 nitrogen and oxygen atoms in total. The van der Waals surface area contributed by atoms with E-state index >= 15 is 0 Å². The molecule has 0 spiro atoms. The number of unbranched alkanes of at least 4 members (excludes halogenated alkanes) is 1. The predicted molar refractivity (Wildman–Crippen MR) is 96.9 cm³/mol. The van der Waals surface area contributed by atoms with Crippen LogP contribution in [0.1, 0.15) is 32.3 Å². The molecule has 130 valence electrons. The Morgan fingerprint density at radius 3 is 2.65 bits per heavy atom. The number of nitrogens with one attached hydrogen (secondary N) is 1. The Hall–Kier alpha value is -1.62. The number of nitrogens with zero attached hydrogens (tertiary/aromatic N) is 2. The summed E-state index contributed by atoms with van der Waals surface area (Å²) in [5.41, 5.74) is 1.01. The van der Waals surface area contributed by atoms with Gasteiger partial charge in [-0.05, 0) is 31.0 Å². The molecule has 6 heteroatoms. The quantitative estimate of drug-likeness (QED) is 0.580. The van der Waals surface area contributed by atoms with E-state index in [1.807, 2.05) is 26.1 Å². The lowest BCUT2D eigenvalue weighted by Gasteiger charge is -2.22. The van der Waals surface area contributed by atoms with Crippen molar-refractivity contribution in [2.24, 2.45) is 4.99 Å². The molecule has 0 saturated carbocycles. The number of hydrogen-bond acceptors (Lipinski definition) is 3. The Morgan fingerprint density at radius 2 is 2.09 bits per heavy atom. The van der Waals surface area contributed by atoms with Crippen molar-refractivity contribution < 1.29 is 9.47 Å². The van der Waals surface area contributed by atoms with E-state index in [9.17, 15) is 0 Å². The minimum absolute atomic E-state index is 0.544. The maximum Gasteiger partial charge on any atom is 0.193 e. The van der Waals surface area contributed by atoms with Crippen molar-refractivity contribution in [1.29, 1.82) is 0 Å². The molecule has 0 aliphatic carbocycles. The molecule has 1 rings (SSSR count). The zero-order chi connectivity index (χ0) is 17.2. The van der Waals surface area contributed by atoms with Gasteiger partial charge in [0.25, 0.3) is 0 Å². The van der Waals surface area contributed by atoms with E-state index in [2.05, 4.69) is 22.1 Å². The summed E-state index contributed by atoms with van der Waals surface area (Å²) in [6.07, 6.45) is 2.30. The minimum atomic E-state index is 0.544. The van der Waals surface area contributed by atoms with E-state index in [0.29, 0.717) is 29.7 Å². The standard InChI is InChI=1S/C17H28ClN3O2/c1-6-8-9-21(4)17(19-3)20-12-13-10-14(18)16(23-7-2)15(11-13)22-5/h10-11H,6-9,12H2,1-5H3,(H,19,20). The van der Waals surface area contributed by atoms with Crippen LogP contribution in [0.4, 0.5) is 0 Å². The van der Waals surface area contributed by atoms with Crippen molar-refractivity contribution in [2.75, 3.05) is 34.4 Å². The molecule has 0 saturated heterocycles. The molecule has 0 fully saturated rings. The van der Waals surface area contributed by atoms with Gasteiger partial charge in [-0.15, -0.1) is 0 Å². The third kappa shape index (κ3) is 5.82. The Balaban J connectivity index is 2.79. The summed E-state index contributed by atoms with van der Waals surface area (Å²) in [5.74, 6) is 2.10. The fourth-order valence-corrected chi connectivity index (χ4v) is 2.51. The summed E-state index contributed by atoms with van der Waals surface area (Å²) >= 11 is 6.30. The molecule has 0 amide bonds. The van der Waals surface area contributed by atoms with Gasteiger partial charge in [-0.1, -0.05) is 24.9 Å². The lowest BCUT2D eigenvalue weighted by atomic mass is 10.2. The highest BCUT2D eigenvalue weighted by atomic mass is 35.5. The van der Waals surface area contributed by atoms with E-state index in [4.69, 9.17) is 21.1 Å². The van der Waals surface area contributed by atoms with E-state index in [-0.39, 0.29) is 0 Å². The smallest absolute Gasteiger partial charge is 0.193 e. The first-order valence-electron chi connectivity index (χ1n) is 7.98. The monoisotopic (exact) mass is 341 g/mol. The van der Waals surface area contributed by atoms with E-state index in [1.54, 1.807) is 14.2 Å². The first-order valence-corrected chi connectivity index (χ1v) is 8.36. The summed E-state index contributed by atoms with van der Waals surface area (Å²) in [6.45, 7) is 6.23. The van der Waals surface area contributed by atoms with Gasteiger partial charge in [0, 0.05) is 27.2 Å². The topological polar surface area (TPSA) is 46.1 Å². The third-order valence-corrected chi connectivity index (χ3v) is 3.73. The minimum Gasteiger partial charge on any atom is -0.493 e. The van der Waals surface area contributed by atoms with Crippen molar-refractivity contribution in [3.63, 3.8) is 0 Å². The van der Waals surface area contributed by atoms with E-state index in [1.165, 1.54) is 0 Å². The van der Waals surface area contributed by atoms with Crippen LogP contribution in [0.2, 0.25) is 5.02 Å². The number of rotatable bonds is 8. The van der Waals surface area contributed by atoms with Crippen LogP contribution >= 0.6 is 11.6 Å². The predicted octanol–water partition coefficient (Wildman–Crippen LogP) is 3.55. The molecule has 1 N–H and O–H groups in total. The molecular formula is C17H28ClN3O2. The van der Waals surface area contributed by atoms with Crippen LogP contribution in [0, 0.1) is 0 Å². The van der Waals surface area contributed by atoms with Gasteiger partial charge in [0.05, 0.1) is 18.7 Å². The normalized spacial score (nSPS) is 11.3. The Morgan fingerprint density at radius 1 is 1.35 bits per heavy atom. The van der Waals surface area contributed by atoms with Crippen molar-refractivity contribution in [1.82, 2.24) is 10.2 Å². The Kier molecular flexibility index (Phi) is 8.62. The summed E-state index contributed by atoms with van der Waals surface area (Å²) < 4.78 is 10.9. The number of benzene rings is 1. The van der Waals surface area contributed by atoms with Crippen molar-refractivity contribution in [3.05, 3.63) is 22.7 Å². The SMILES string of the molecule is CCCCN(C)C(=NC)NCc1cc(Cl)c(OCC)c(OC)c1. The molecule has 0 aliphatic rings. The lowest BCUT2D eigenvalue weighted by Crippen LogP contribution is -2.38. The summed E-state index contributed by atoms with van der Waals surface area (Å²) in [7, 11) is 5.44. The summed E-state index contributed by atoms with van der Waals surface area (Å²) in [5, 5.41) is 3.90. The highest BCUT2D eigenvalue weighted by Crippen LogP contribution is 2.36. The second-order valence-corrected chi connectivity index (χ2v) is 5.63. The van der Waals surface area contributed by atoms with Crippen molar-refractivity contribution in [2.45, 2.75) is 33.2 Å². The van der Waals surface area contributed by atoms with Crippen molar-refractivity contribution in [3.8, 4) is 11.5 Å². The fraction of sp³-hybridized carbons (Fsp3) is 0.588. The largest absolute Gasteiger partial charge is 0.493 e.